The van der Waals surface area contributed by atoms with Gasteiger partial charge in [-0.25, -0.2) is 4.39 Å². The zero-order valence-corrected chi connectivity index (χ0v) is 11.8. The molecule has 0 aromatic heterocycles. The monoisotopic (exact) mass is 263 g/mol. The average Bonchev–Trinajstić information content (AvgIpc) is 3.16. The van der Waals surface area contributed by atoms with Crippen LogP contribution < -0.4 is 10.6 Å². The van der Waals surface area contributed by atoms with Crippen molar-refractivity contribution in [2.24, 2.45) is 4.99 Å². The maximum absolute atomic E-state index is 13.6. The topological polar surface area (TPSA) is 36.4 Å². The molecular formula is C15H22FN3. The van der Waals surface area contributed by atoms with Gasteiger partial charge < -0.3 is 10.6 Å². The molecule has 0 radical (unpaired) electrons. The summed E-state index contributed by atoms with van der Waals surface area (Å²) in [5.41, 5.74) is 1.61. The fourth-order valence-electron chi connectivity index (χ4n) is 1.88. The second kappa shape index (κ2) is 6.04. The first-order chi connectivity index (χ1) is 9.10. The van der Waals surface area contributed by atoms with Crippen molar-refractivity contribution in [3.8, 4) is 0 Å². The molecule has 1 atom stereocenters. The van der Waals surface area contributed by atoms with E-state index in [0.29, 0.717) is 11.6 Å². The Morgan fingerprint density at radius 2 is 2.21 bits per heavy atom. The van der Waals surface area contributed by atoms with Gasteiger partial charge in [0.05, 0.1) is 6.04 Å². The van der Waals surface area contributed by atoms with Crippen molar-refractivity contribution in [2.45, 2.75) is 45.7 Å². The summed E-state index contributed by atoms with van der Waals surface area (Å²) >= 11 is 0. The van der Waals surface area contributed by atoms with Crippen LogP contribution in [-0.2, 0) is 0 Å². The van der Waals surface area contributed by atoms with E-state index in [2.05, 4.69) is 15.6 Å². The number of nitrogens with one attached hydrogen (secondary N) is 2. The smallest absolute Gasteiger partial charge is 0.191 e. The van der Waals surface area contributed by atoms with E-state index in [0.717, 1.165) is 18.1 Å². The summed E-state index contributed by atoms with van der Waals surface area (Å²) in [5, 5.41) is 6.69. The minimum absolute atomic E-state index is 0.0339. The largest absolute Gasteiger partial charge is 0.354 e. The highest BCUT2D eigenvalue weighted by molar-refractivity contribution is 5.80. The number of guanidine groups is 1. The first-order valence-electron chi connectivity index (χ1n) is 6.93. The van der Waals surface area contributed by atoms with E-state index in [9.17, 15) is 4.39 Å². The van der Waals surface area contributed by atoms with Gasteiger partial charge in [-0.05, 0) is 50.8 Å². The molecule has 1 fully saturated rings. The Kier molecular flexibility index (Phi) is 4.40. The molecule has 0 bridgehead atoms. The van der Waals surface area contributed by atoms with Crippen molar-refractivity contribution in [1.29, 1.82) is 0 Å². The van der Waals surface area contributed by atoms with Crippen LogP contribution in [0, 0.1) is 12.7 Å². The zero-order valence-electron chi connectivity index (χ0n) is 11.8. The Hall–Kier alpha value is -1.58. The Labute approximate surface area is 114 Å². The van der Waals surface area contributed by atoms with E-state index in [1.807, 2.05) is 26.0 Å². The third kappa shape index (κ3) is 3.94. The van der Waals surface area contributed by atoms with Gasteiger partial charge in [-0.3, -0.25) is 4.99 Å². The third-order valence-corrected chi connectivity index (χ3v) is 3.28. The van der Waals surface area contributed by atoms with Gasteiger partial charge in [0.2, 0.25) is 0 Å². The molecule has 1 aromatic rings. The summed E-state index contributed by atoms with van der Waals surface area (Å²) in [6.45, 7) is 6.53. The number of rotatable bonds is 4. The van der Waals surface area contributed by atoms with Gasteiger partial charge in [-0.2, -0.15) is 0 Å². The molecule has 0 spiro atoms. The number of aryl methyl sites for hydroxylation is 1. The SMILES string of the molecule is CCN=C(NC1CC1)NC(C)c1ccc(C)c(F)c1. The highest BCUT2D eigenvalue weighted by Crippen LogP contribution is 2.19. The van der Waals surface area contributed by atoms with Gasteiger partial charge >= 0.3 is 0 Å². The summed E-state index contributed by atoms with van der Waals surface area (Å²) in [7, 11) is 0. The normalized spacial score (nSPS) is 17.2. The van der Waals surface area contributed by atoms with Crippen LogP contribution in [-0.4, -0.2) is 18.5 Å². The van der Waals surface area contributed by atoms with E-state index in [1.165, 1.54) is 12.8 Å². The van der Waals surface area contributed by atoms with Gasteiger partial charge in [0.15, 0.2) is 5.96 Å². The first kappa shape index (κ1) is 13.8. The molecule has 0 aliphatic heterocycles. The summed E-state index contributed by atoms with van der Waals surface area (Å²) in [4.78, 5) is 4.41. The number of halogens is 1. The van der Waals surface area contributed by atoms with E-state index in [4.69, 9.17) is 0 Å². The van der Waals surface area contributed by atoms with Gasteiger partial charge in [0, 0.05) is 12.6 Å². The number of benzene rings is 1. The Morgan fingerprint density at radius 1 is 1.47 bits per heavy atom. The molecule has 1 aliphatic carbocycles. The molecule has 2 rings (SSSR count). The molecule has 0 amide bonds. The molecule has 1 unspecified atom stereocenters. The number of aliphatic imine (C=N–C) groups is 1. The van der Waals surface area contributed by atoms with Crippen molar-refractivity contribution in [2.75, 3.05) is 6.54 Å². The minimum Gasteiger partial charge on any atom is -0.354 e. The highest BCUT2D eigenvalue weighted by Gasteiger charge is 2.23. The predicted octanol–water partition coefficient (Wildman–Crippen LogP) is 2.91. The molecule has 2 N–H and O–H groups in total. The minimum atomic E-state index is -0.157. The molecule has 0 saturated heterocycles. The van der Waals surface area contributed by atoms with E-state index < -0.39 is 0 Å². The maximum atomic E-state index is 13.6. The third-order valence-electron chi connectivity index (χ3n) is 3.28. The van der Waals surface area contributed by atoms with Crippen LogP contribution in [0.2, 0.25) is 0 Å². The van der Waals surface area contributed by atoms with Gasteiger partial charge in [-0.15, -0.1) is 0 Å². The van der Waals surface area contributed by atoms with E-state index in [1.54, 1.807) is 13.0 Å². The zero-order chi connectivity index (χ0) is 13.8. The molecule has 3 nitrogen and oxygen atoms in total. The van der Waals surface area contributed by atoms with Crippen LogP contribution in [0.25, 0.3) is 0 Å². The summed E-state index contributed by atoms with van der Waals surface area (Å²) < 4.78 is 13.6. The van der Waals surface area contributed by atoms with Gasteiger partial charge in [-0.1, -0.05) is 12.1 Å². The van der Waals surface area contributed by atoms with Crippen LogP contribution in [0.15, 0.2) is 23.2 Å². The summed E-state index contributed by atoms with van der Waals surface area (Å²) in [5.74, 6) is 0.661. The molecule has 0 heterocycles. The van der Waals surface area contributed by atoms with E-state index >= 15 is 0 Å². The first-order valence-corrected chi connectivity index (χ1v) is 6.93. The Morgan fingerprint density at radius 3 is 2.79 bits per heavy atom. The molecule has 4 heteroatoms. The van der Waals surface area contributed by atoms with Crippen molar-refractivity contribution < 1.29 is 4.39 Å². The molecule has 104 valence electrons. The predicted molar refractivity (Wildman–Crippen MR) is 76.8 cm³/mol. The number of hydrogen-bond donors (Lipinski definition) is 2. The second-order valence-corrected chi connectivity index (χ2v) is 5.12. The van der Waals surface area contributed by atoms with Crippen LogP contribution in [0.5, 0.6) is 0 Å². The molecule has 19 heavy (non-hydrogen) atoms. The average molecular weight is 263 g/mol. The van der Waals surface area contributed by atoms with Crippen LogP contribution >= 0.6 is 0 Å². The van der Waals surface area contributed by atoms with Crippen LogP contribution in [0.1, 0.15) is 43.9 Å². The molecule has 1 aromatic carbocycles. The molecule has 1 aliphatic rings. The lowest BCUT2D eigenvalue weighted by Gasteiger charge is -2.18. The highest BCUT2D eigenvalue weighted by atomic mass is 19.1. The van der Waals surface area contributed by atoms with Gasteiger partial charge in [0.25, 0.3) is 0 Å². The summed E-state index contributed by atoms with van der Waals surface area (Å²) in [6.07, 6.45) is 2.41. The second-order valence-electron chi connectivity index (χ2n) is 5.12. The Balaban J connectivity index is 2.02. The fourth-order valence-corrected chi connectivity index (χ4v) is 1.88. The van der Waals surface area contributed by atoms with Crippen molar-refractivity contribution in [1.82, 2.24) is 10.6 Å². The van der Waals surface area contributed by atoms with Crippen LogP contribution in [0.3, 0.4) is 0 Å². The van der Waals surface area contributed by atoms with Crippen molar-refractivity contribution in [3.63, 3.8) is 0 Å². The summed E-state index contributed by atoms with van der Waals surface area (Å²) in [6, 6.07) is 5.95. The Bertz CT molecular complexity index is 466. The number of nitrogens with zero attached hydrogens (tertiary/aromatic N) is 1. The van der Waals surface area contributed by atoms with Gasteiger partial charge in [0.1, 0.15) is 5.82 Å². The molecular weight excluding hydrogens is 241 g/mol. The lowest BCUT2D eigenvalue weighted by molar-refractivity contribution is 0.607. The van der Waals surface area contributed by atoms with Crippen molar-refractivity contribution >= 4 is 5.96 Å². The maximum Gasteiger partial charge on any atom is 0.191 e. The fraction of sp³-hybridized carbons (Fsp3) is 0.533. The lowest BCUT2D eigenvalue weighted by atomic mass is 10.1. The quantitative estimate of drug-likeness (QED) is 0.647. The van der Waals surface area contributed by atoms with Crippen molar-refractivity contribution in [3.05, 3.63) is 35.1 Å². The standard InChI is InChI=1S/C15H22FN3/c1-4-17-15(19-13-7-8-13)18-11(3)12-6-5-10(2)14(16)9-12/h5-6,9,11,13H,4,7-8H2,1-3H3,(H2,17,18,19). The number of hydrogen-bond acceptors (Lipinski definition) is 1. The van der Waals surface area contributed by atoms with E-state index in [-0.39, 0.29) is 11.9 Å². The molecule has 1 saturated carbocycles. The lowest BCUT2D eigenvalue weighted by Crippen LogP contribution is -2.40. The van der Waals surface area contributed by atoms with Crippen LogP contribution in [0.4, 0.5) is 4.39 Å².